The summed E-state index contributed by atoms with van der Waals surface area (Å²) >= 11 is 1.28. The Morgan fingerprint density at radius 2 is 2.28 bits per heavy atom. The fourth-order valence-corrected chi connectivity index (χ4v) is 1.89. The minimum atomic E-state index is -0.866. The number of hydrogen-bond donors (Lipinski definition) is 3. The second kappa shape index (κ2) is 7.32. The van der Waals surface area contributed by atoms with Crippen LogP contribution in [0.25, 0.3) is 0 Å². The third-order valence-corrected chi connectivity index (χ3v) is 2.74. The Morgan fingerprint density at radius 3 is 2.94 bits per heavy atom. The van der Waals surface area contributed by atoms with E-state index in [0.717, 1.165) is 0 Å². The third kappa shape index (κ3) is 4.45. The van der Waals surface area contributed by atoms with E-state index >= 15 is 0 Å². The van der Waals surface area contributed by atoms with Gasteiger partial charge in [0.15, 0.2) is 0 Å². The molecule has 0 spiro atoms. The number of carbonyl (C=O) groups excluding carboxylic acids is 2. The monoisotopic (exact) mass is 267 g/mol. The minimum Gasteiger partial charge on any atom is -0.448 e. The first kappa shape index (κ1) is 14.0. The number of rotatable bonds is 4. The first-order chi connectivity index (χ1) is 8.65. The van der Waals surface area contributed by atoms with Gasteiger partial charge < -0.3 is 21.5 Å². The summed E-state index contributed by atoms with van der Waals surface area (Å²) in [5.74, 6) is 5.23. The Bertz CT molecular complexity index is 487. The SMILES string of the molecule is NCC#Cc1ccsc1C(=O)NCCOC(N)=O. The van der Waals surface area contributed by atoms with E-state index in [1.54, 1.807) is 11.4 Å². The number of primary amides is 1. The molecule has 0 aromatic carbocycles. The van der Waals surface area contributed by atoms with Gasteiger partial charge in [0.1, 0.15) is 11.5 Å². The molecule has 7 heteroatoms. The standard InChI is InChI=1S/C11H13N3O3S/c12-4-1-2-8-3-7-18-9(8)10(15)14-5-6-17-11(13)16/h3,7H,4-6,12H2,(H2,13,16)(H,14,15). The molecule has 18 heavy (non-hydrogen) atoms. The summed E-state index contributed by atoms with van der Waals surface area (Å²) in [4.78, 5) is 22.6. The van der Waals surface area contributed by atoms with Crippen LogP contribution in [0.15, 0.2) is 11.4 Å². The summed E-state index contributed by atoms with van der Waals surface area (Å²) in [5, 5.41) is 4.37. The van der Waals surface area contributed by atoms with Gasteiger partial charge in [-0.05, 0) is 11.4 Å². The summed E-state index contributed by atoms with van der Waals surface area (Å²) in [7, 11) is 0. The highest BCUT2D eigenvalue weighted by Crippen LogP contribution is 2.15. The minimum absolute atomic E-state index is 0.0380. The molecule has 96 valence electrons. The van der Waals surface area contributed by atoms with Crippen LogP contribution in [0.5, 0.6) is 0 Å². The van der Waals surface area contributed by atoms with Gasteiger partial charge in [-0.3, -0.25) is 4.79 Å². The third-order valence-electron chi connectivity index (χ3n) is 1.83. The summed E-state index contributed by atoms with van der Waals surface area (Å²) < 4.78 is 4.49. The van der Waals surface area contributed by atoms with E-state index in [4.69, 9.17) is 11.5 Å². The van der Waals surface area contributed by atoms with Crippen molar-refractivity contribution < 1.29 is 14.3 Å². The highest BCUT2D eigenvalue weighted by atomic mass is 32.1. The summed E-state index contributed by atoms with van der Waals surface area (Å²) in [5.41, 5.74) is 10.7. The van der Waals surface area contributed by atoms with Gasteiger partial charge in [-0.25, -0.2) is 4.79 Å². The lowest BCUT2D eigenvalue weighted by atomic mass is 10.2. The molecule has 0 aliphatic heterocycles. The van der Waals surface area contributed by atoms with E-state index in [-0.39, 0.29) is 25.6 Å². The molecule has 0 atom stereocenters. The first-order valence-electron chi connectivity index (χ1n) is 5.12. The molecule has 5 N–H and O–H groups in total. The van der Waals surface area contributed by atoms with E-state index in [9.17, 15) is 9.59 Å². The van der Waals surface area contributed by atoms with Gasteiger partial charge >= 0.3 is 6.09 Å². The van der Waals surface area contributed by atoms with Crippen LogP contribution >= 0.6 is 11.3 Å². The molecule has 0 aliphatic rings. The van der Waals surface area contributed by atoms with Crippen LogP contribution < -0.4 is 16.8 Å². The van der Waals surface area contributed by atoms with Crippen molar-refractivity contribution in [2.45, 2.75) is 0 Å². The van der Waals surface area contributed by atoms with Crippen molar-refractivity contribution in [2.24, 2.45) is 11.5 Å². The molecule has 0 bridgehead atoms. The van der Waals surface area contributed by atoms with Crippen molar-refractivity contribution >= 4 is 23.3 Å². The molecule has 0 fully saturated rings. The van der Waals surface area contributed by atoms with E-state index in [1.807, 2.05) is 0 Å². The zero-order chi connectivity index (χ0) is 13.4. The zero-order valence-electron chi connectivity index (χ0n) is 9.56. The maximum Gasteiger partial charge on any atom is 0.404 e. The Morgan fingerprint density at radius 1 is 1.50 bits per heavy atom. The van der Waals surface area contributed by atoms with Gasteiger partial charge in [-0.15, -0.1) is 11.3 Å². The average molecular weight is 267 g/mol. The molecule has 1 aromatic rings. The van der Waals surface area contributed by atoms with E-state index in [0.29, 0.717) is 10.4 Å². The number of carbonyl (C=O) groups is 2. The summed E-state index contributed by atoms with van der Waals surface area (Å²) in [6, 6.07) is 1.75. The van der Waals surface area contributed by atoms with Crippen LogP contribution in [0.3, 0.4) is 0 Å². The van der Waals surface area contributed by atoms with Crippen LogP contribution in [0.1, 0.15) is 15.2 Å². The van der Waals surface area contributed by atoms with Gasteiger partial charge in [0.2, 0.25) is 0 Å². The van der Waals surface area contributed by atoms with E-state index in [2.05, 4.69) is 21.9 Å². The summed E-state index contributed by atoms with van der Waals surface area (Å²) in [6.07, 6.45) is -0.866. The molecule has 2 amide bonds. The van der Waals surface area contributed by atoms with Crippen LogP contribution in [-0.2, 0) is 4.74 Å². The highest BCUT2D eigenvalue weighted by Gasteiger charge is 2.11. The number of amides is 2. The maximum absolute atomic E-state index is 11.8. The fraction of sp³-hybridized carbons (Fsp3) is 0.273. The average Bonchev–Trinajstić information content (AvgIpc) is 2.79. The Kier molecular flexibility index (Phi) is 5.70. The predicted octanol–water partition coefficient (Wildman–Crippen LogP) is -0.117. The van der Waals surface area contributed by atoms with E-state index < -0.39 is 6.09 Å². The molecule has 0 radical (unpaired) electrons. The smallest absolute Gasteiger partial charge is 0.404 e. The van der Waals surface area contributed by atoms with E-state index in [1.165, 1.54) is 11.3 Å². The molecular weight excluding hydrogens is 254 g/mol. The molecule has 1 aromatic heterocycles. The highest BCUT2D eigenvalue weighted by molar-refractivity contribution is 7.12. The Hall–Kier alpha value is -2.04. The maximum atomic E-state index is 11.8. The quantitative estimate of drug-likeness (QED) is 0.522. The largest absolute Gasteiger partial charge is 0.448 e. The van der Waals surface area contributed by atoms with Crippen molar-refractivity contribution in [3.8, 4) is 11.8 Å². The first-order valence-corrected chi connectivity index (χ1v) is 6.00. The van der Waals surface area contributed by atoms with Gasteiger partial charge in [0.25, 0.3) is 5.91 Å². The van der Waals surface area contributed by atoms with Crippen LogP contribution in [-0.4, -0.2) is 31.7 Å². The topological polar surface area (TPSA) is 107 Å². The molecular formula is C11H13N3O3S. The predicted molar refractivity (Wildman–Crippen MR) is 68.1 cm³/mol. The van der Waals surface area contributed by atoms with Crippen molar-refractivity contribution in [1.82, 2.24) is 5.32 Å². The van der Waals surface area contributed by atoms with Crippen molar-refractivity contribution in [2.75, 3.05) is 19.7 Å². The second-order valence-electron chi connectivity index (χ2n) is 3.09. The van der Waals surface area contributed by atoms with Gasteiger partial charge in [0.05, 0.1) is 13.1 Å². The van der Waals surface area contributed by atoms with Crippen LogP contribution in [0.2, 0.25) is 0 Å². The van der Waals surface area contributed by atoms with Crippen LogP contribution in [0, 0.1) is 11.8 Å². The molecule has 0 aliphatic carbocycles. The second-order valence-corrected chi connectivity index (χ2v) is 4.01. The molecule has 6 nitrogen and oxygen atoms in total. The van der Waals surface area contributed by atoms with Crippen molar-refractivity contribution in [3.63, 3.8) is 0 Å². The van der Waals surface area contributed by atoms with Gasteiger partial charge in [-0.1, -0.05) is 11.8 Å². The van der Waals surface area contributed by atoms with Gasteiger partial charge in [-0.2, -0.15) is 0 Å². The zero-order valence-corrected chi connectivity index (χ0v) is 10.4. The lowest BCUT2D eigenvalue weighted by Gasteiger charge is -2.04. The Balaban J connectivity index is 2.51. The number of ether oxygens (including phenoxy) is 1. The molecule has 0 saturated heterocycles. The molecule has 0 saturated carbocycles. The molecule has 1 rings (SSSR count). The lowest BCUT2D eigenvalue weighted by Crippen LogP contribution is -2.28. The normalized spacial score (nSPS) is 9.17. The number of hydrogen-bond acceptors (Lipinski definition) is 5. The number of nitrogens with two attached hydrogens (primary N) is 2. The number of nitrogens with one attached hydrogen (secondary N) is 1. The van der Waals surface area contributed by atoms with Crippen LogP contribution in [0.4, 0.5) is 4.79 Å². The fourth-order valence-electron chi connectivity index (χ4n) is 1.13. The summed E-state index contributed by atoms with van der Waals surface area (Å²) in [6.45, 7) is 0.475. The van der Waals surface area contributed by atoms with Gasteiger partial charge in [0, 0.05) is 5.56 Å². The Labute approximate surface area is 108 Å². The molecule has 1 heterocycles. The molecule has 0 unspecified atom stereocenters. The lowest BCUT2D eigenvalue weighted by molar-refractivity contribution is 0.0940. The number of thiophene rings is 1. The van der Waals surface area contributed by atoms with Crippen molar-refractivity contribution in [1.29, 1.82) is 0 Å². The van der Waals surface area contributed by atoms with Crippen molar-refractivity contribution in [3.05, 3.63) is 21.9 Å².